The molecule has 2 aromatic carbocycles. The zero-order chi connectivity index (χ0) is 21.5. The van der Waals surface area contributed by atoms with Gasteiger partial charge in [0.2, 0.25) is 0 Å². The fourth-order valence-electron chi connectivity index (χ4n) is 4.97. The summed E-state index contributed by atoms with van der Waals surface area (Å²) in [7, 11) is 1.66. The maximum atomic E-state index is 12.8. The van der Waals surface area contributed by atoms with Crippen LogP contribution in [0.3, 0.4) is 0 Å². The molecule has 160 valence electrons. The molecule has 5 rings (SSSR count). The number of likely N-dealkylation sites (tertiary alicyclic amines) is 1. The quantitative estimate of drug-likeness (QED) is 0.527. The Kier molecular flexibility index (Phi) is 4.98. The number of rotatable bonds is 4. The number of benzene rings is 2. The van der Waals surface area contributed by atoms with Gasteiger partial charge >= 0.3 is 5.69 Å². The van der Waals surface area contributed by atoms with Crippen LogP contribution in [0.4, 0.5) is 0 Å². The van der Waals surface area contributed by atoms with E-state index in [4.69, 9.17) is 4.98 Å². The molecule has 7 heteroatoms. The topological polar surface area (TPSA) is 77.1 Å². The lowest BCUT2D eigenvalue weighted by atomic mass is 10.0. The molecule has 1 aliphatic rings. The number of nitrogens with zero attached hydrogens (tertiary/aromatic N) is 3. The van der Waals surface area contributed by atoms with Crippen molar-refractivity contribution < 1.29 is 4.90 Å². The van der Waals surface area contributed by atoms with E-state index in [-0.39, 0.29) is 5.56 Å². The first-order valence-corrected chi connectivity index (χ1v) is 11.0. The third-order valence-electron chi connectivity index (χ3n) is 6.57. The van der Waals surface area contributed by atoms with Crippen LogP contribution in [0.25, 0.3) is 21.9 Å². The van der Waals surface area contributed by atoms with Gasteiger partial charge in [0.05, 0.1) is 19.6 Å². The van der Waals surface area contributed by atoms with E-state index in [2.05, 4.69) is 36.2 Å². The molecule has 1 unspecified atom stereocenters. The normalized spacial score (nSPS) is 19.3. The van der Waals surface area contributed by atoms with Crippen LogP contribution in [-0.2, 0) is 20.1 Å². The van der Waals surface area contributed by atoms with Gasteiger partial charge in [-0.05, 0) is 29.2 Å². The summed E-state index contributed by atoms with van der Waals surface area (Å²) >= 11 is 0. The molecule has 31 heavy (non-hydrogen) atoms. The third-order valence-corrected chi connectivity index (χ3v) is 6.57. The number of quaternary nitrogens is 1. The minimum atomic E-state index is -0.433. The zero-order valence-corrected chi connectivity index (χ0v) is 18.0. The van der Waals surface area contributed by atoms with Crippen LogP contribution in [-0.4, -0.2) is 32.2 Å². The van der Waals surface area contributed by atoms with Crippen molar-refractivity contribution in [1.82, 2.24) is 19.1 Å². The van der Waals surface area contributed by atoms with Gasteiger partial charge in [-0.3, -0.25) is 14.3 Å². The molecule has 0 aliphatic carbocycles. The van der Waals surface area contributed by atoms with E-state index < -0.39 is 5.69 Å². The average molecular weight is 419 g/mol. The number of aryl methyl sites for hydroxylation is 1. The second-order valence-electron chi connectivity index (χ2n) is 8.87. The molecule has 0 saturated carbocycles. The van der Waals surface area contributed by atoms with Gasteiger partial charge in [-0.15, -0.1) is 0 Å². The Morgan fingerprint density at radius 1 is 1.16 bits per heavy atom. The van der Waals surface area contributed by atoms with Crippen molar-refractivity contribution in [2.75, 3.05) is 13.1 Å². The van der Waals surface area contributed by atoms with Gasteiger partial charge in [0.1, 0.15) is 6.54 Å². The minimum absolute atomic E-state index is 0.376. The summed E-state index contributed by atoms with van der Waals surface area (Å²) < 4.78 is 3.45. The molecule has 1 aliphatic heterocycles. The molecule has 4 aromatic rings. The number of piperidine rings is 1. The van der Waals surface area contributed by atoms with Crippen molar-refractivity contribution in [3.05, 3.63) is 74.7 Å². The van der Waals surface area contributed by atoms with Gasteiger partial charge < -0.3 is 9.47 Å². The number of aromatic amines is 1. The molecule has 0 amide bonds. The molecule has 2 aromatic heterocycles. The predicted octanol–water partition coefficient (Wildman–Crippen LogP) is 1.44. The van der Waals surface area contributed by atoms with Crippen molar-refractivity contribution in [1.29, 1.82) is 0 Å². The molecule has 1 saturated heterocycles. The lowest BCUT2D eigenvalue weighted by Crippen LogP contribution is -3.12. The monoisotopic (exact) mass is 418 g/mol. The molecule has 2 atom stereocenters. The Morgan fingerprint density at radius 3 is 2.81 bits per heavy atom. The number of imidazole rings is 1. The van der Waals surface area contributed by atoms with Crippen LogP contribution in [0.2, 0.25) is 0 Å². The van der Waals surface area contributed by atoms with Crippen LogP contribution in [0.1, 0.15) is 31.2 Å². The number of fused-ring (bicyclic) bond motifs is 2. The van der Waals surface area contributed by atoms with Crippen LogP contribution in [0, 0.1) is 5.92 Å². The lowest BCUT2D eigenvalue weighted by Gasteiger charge is -2.27. The largest absolute Gasteiger partial charge is 0.329 e. The highest BCUT2D eigenvalue weighted by molar-refractivity contribution is 5.85. The molecule has 1 fully saturated rings. The summed E-state index contributed by atoms with van der Waals surface area (Å²) in [6.45, 7) is 5.80. The summed E-state index contributed by atoms with van der Waals surface area (Å²) in [6, 6.07) is 14.5. The highest BCUT2D eigenvalue weighted by atomic mass is 16.2. The van der Waals surface area contributed by atoms with Gasteiger partial charge in [0.25, 0.3) is 5.56 Å². The fourth-order valence-corrected chi connectivity index (χ4v) is 4.97. The SMILES string of the molecule is C[C@@H]1CCC[NH+](Cc2nc3c(c(=O)[nH]c(=O)n3C)n2Cc2cccc3ccccc23)C1. The maximum Gasteiger partial charge on any atom is 0.329 e. The average Bonchev–Trinajstić information content (AvgIpc) is 3.11. The van der Waals surface area contributed by atoms with Crippen LogP contribution in [0.5, 0.6) is 0 Å². The number of nitrogens with one attached hydrogen (secondary N) is 2. The highest BCUT2D eigenvalue weighted by Gasteiger charge is 2.25. The Morgan fingerprint density at radius 2 is 1.97 bits per heavy atom. The molecule has 0 radical (unpaired) electrons. The van der Waals surface area contributed by atoms with Crippen molar-refractivity contribution in [2.45, 2.75) is 32.9 Å². The molecule has 3 heterocycles. The zero-order valence-electron chi connectivity index (χ0n) is 18.0. The van der Waals surface area contributed by atoms with Crippen LogP contribution in [0.15, 0.2) is 52.1 Å². The summed E-state index contributed by atoms with van der Waals surface area (Å²) in [5.41, 5.74) is 1.24. The van der Waals surface area contributed by atoms with Crippen molar-refractivity contribution in [3.8, 4) is 0 Å². The Bertz CT molecular complexity index is 1380. The third kappa shape index (κ3) is 3.59. The predicted molar refractivity (Wildman–Crippen MR) is 121 cm³/mol. The first kappa shape index (κ1) is 19.8. The van der Waals surface area contributed by atoms with E-state index in [9.17, 15) is 9.59 Å². The lowest BCUT2D eigenvalue weighted by molar-refractivity contribution is -0.922. The number of hydrogen-bond donors (Lipinski definition) is 2. The van der Waals surface area contributed by atoms with E-state index in [1.807, 2.05) is 22.8 Å². The first-order valence-electron chi connectivity index (χ1n) is 11.0. The molecule has 0 bridgehead atoms. The van der Waals surface area contributed by atoms with Gasteiger partial charge in [-0.25, -0.2) is 9.78 Å². The van der Waals surface area contributed by atoms with Gasteiger partial charge in [0, 0.05) is 13.0 Å². The second-order valence-corrected chi connectivity index (χ2v) is 8.87. The van der Waals surface area contributed by atoms with E-state index >= 15 is 0 Å². The summed E-state index contributed by atoms with van der Waals surface area (Å²) in [4.78, 5) is 33.8. The Labute approximate surface area is 180 Å². The van der Waals surface area contributed by atoms with E-state index in [1.165, 1.54) is 27.7 Å². The molecule has 7 nitrogen and oxygen atoms in total. The summed E-state index contributed by atoms with van der Waals surface area (Å²) in [5, 5.41) is 2.33. The number of H-pyrrole nitrogens is 1. The van der Waals surface area contributed by atoms with E-state index in [0.717, 1.165) is 36.4 Å². The first-order chi connectivity index (χ1) is 15.0. The standard InChI is InChI=1S/C24H27N5O2/c1-16-7-6-12-28(13-16)15-20-25-22-21(23(30)26-24(31)27(22)2)29(20)14-18-10-5-9-17-8-3-4-11-19(17)18/h3-5,8-11,16H,6-7,12-15H2,1-2H3,(H,26,30,31)/p+1/t16-/m1/s1. The Balaban J connectivity index is 1.66. The second kappa shape index (κ2) is 7.81. The molecule has 0 spiro atoms. The maximum absolute atomic E-state index is 12.8. The van der Waals surface area contributed by atoms with Crippen LogP contribution < -0.4 is 16.1 Å². The highest BCUT2D eigenvalue weighted by Crippen LogP contribution is 2.21. The Hall–Kier alpha value is -3.19. The number of aromatic nitrogens is 4. The van der Waals surface area contributed by atoms with Gasteiger partial charge in [-0.1, -0.05) is 49.4 Å². The molecular weight excluding hydrogens is 390 g/mol. The van der Waals surface area contributed by atoms with E-state index in [1.54, 1.807) is 7.05 Å². The van der Waals surface area contributed by atoms with Gasteiger partial charge in [0.15, 0.2) is 17.0 Å². The van der Waals surface area contributed by atoms with Crippen molar-refractivity contribution in [2.24, 2.45) is 13.0 Å². The minimum Gasteiger partial charge on any atom is -0.328 e. The smallest absolute Gasteiger partial charge is 0.328 e. The van der Waals surface area contributed by atoms with Crippen LogP contribution >= 0.6 is 0 Å². The van der Waals surface area contributed by atoms with Gasteiger partial charge in [-0.2, -0.15) is 0 Å². The molecule has 2 N–H and O–H groups in total. The van der Waals surface area contributed by atoms with Crippen molar-refractivity contribution >= 4 is 21.9 Å². The fraction of sp³-hybridized carbons (Fsp3) is 0.375. The number of hydrogen-bond acceptors (Lipinski definition) is 3. The van der Waals surface area contributed by atoms with E-state index in [0.29, 0.717) is 23.6 Å². The summed E-state index contributed by atoms with van der Waals surface area (Å²) in [6.07, 6.45) is 2.48. The van der Waals surface area contributed by atoms with Crippen molar-refractivity contribution in [3.63, 3.8) is 0 Å². The molecular formula is C24H28N5O2+. The summed E-state index contributed by atoms with van der Waals surface area (Å²) in [5.74, 6) is 1.55.